The molecule has 29 heavy (non-hydrogen) atoms. The normalized spacial score (nSPS) is 22.8. The summed E-state index contributed by atoms with van der Waals surface area (Å²) in [7, 11) is 0.747. The summed E-state index contributed by atoms with van der Waals surface area (Å²) < 4.78 is 23.6. The average molecular weight is 413 g/mol. The zero-order valence-electron chi connectivity index (χ0n) is 16.4. The minimum Gasteiger partial charge on any atom is -0.493 e. The van der Waals surface area contributed by atoms with Gasteiger partial charge in [-0.3, -0.25) is 9.20 Å². The summed E-state index contributed by atoms with van der Waals surface area (Å²) in [6.07, 6.45) is 0.767. The van der Waals surface area contributed by atoms with Gasteiger partial charge in [-0.25, -0.2) is 4.79 Å². The third kappa shape index (κ3) is 3.67. The number of benzene rings is 2. The van der Waals surface area contributed by atoms with E-state index in [-0.39, 0.29) is 17.5 Å². The monoisotopic (exact) mass is 413 g/mol. The summed E-state index contributed by atoms with van der Waals surface area (Å²) in [4.78, 5) is 16.2. The number of aromatic carboxylic acids is 1. The van der Waals surface area contributed by atoms with Crippen molar-refractivity contribution in [1.82, 2.24) is 0 Å². The van der Waals surface area contributed by atoms with Gasteiger partial charge in [0, 0.05) is 39.4 Å². The molecule has 0 bridgehead atoms. The van der Waals surface area contributed by atoms with Crippen molar-refractivity contribution in [3.8, 4) is 11.5 Å². The second-order valence-corrected chi connectivity index (χ2v) is 8.78. The number of carboxylic acids is 1. The van der Waals surface area contributed by atoms with Crippen LogP contribution in [-0.2, 0) is 10.8 Å². The first-order valence-electron chi connectivity index (χ1n) is 9.63. The van der Waals surface area contributed by atoms with Crippen LogP contribution in [0.3, 0.4) is 0 Å². The molecule has 0 spiro atoms. The van der Waals surface area contributed by atoms with Crippen LogP contribution in [0.4, 0.5) is 0 Å². The highest BCUT2D eigenvalue weighted by Gasteiger charge is 2.37. The summed E-state index contributed by atoms with van der Waals surface area (Å²) >= 11 is 0. The molecule has 0 saturated carbocycles. The van der Waals surface area contributed by atoms with Crippen LogP contribution in [0.5, 0.6) is 11.5 Å². The molecule has 0 aromatic heterocycles. The maximum absolute atomic E-state index is 12.3. The van der Waals surface area contributed by atoms with Crippen LogP contribution in [0.2, 0.25) is 0 Å². The maximum atomic E-state index is 12.3. The number of ether oxygens (including phenoxy) is 2. The quantitative estimate of drug-likeness (QED) is 0.813. The van der Waals surface area contributed by atoms with Gasteiger partial charge in [0.05, 0.1) is 31.0 Å². The Morgan fingerprint density at radius 1 is 1.24 bits per heavy atom. The lowest BCUT2D eigenvalue weighted by molar-refractivity contribution is 0.0697. The van der Waals surface area contributed by atoms with Crippen molar-refractivity contribution in [3.05, 3.63) is 58.7 Å². The Morgan fingerprint density at radius 2 is 2.00 bits per heavy atom. The van der Waals surface area contributed by atoms with Gasteiger partial charge in [-0.15, -0.1) is 0 Å². The Bertz CT molecular complexity index is 999. The number of aliphatic imine (C=N–C) groups is 1. The van der Waals surface area contributed by atoms with Crippen LogP contribution in [0.15, 0.2) is 41.4 Å². The largest absolute Gasteiger partial charge is 0.493 e. The summed E-state index contributed by atoms with van der Waals surface area (Å²) in [5.41, 5.74) is 3.90. The van der Waals surface area contributed by atoms with E-state index in [9.17, 15) is 14.1 Å². The van der Waals surface area contributed by atoms with Gasteiger partial charge in [-0.2, -0.15) is 0 Å². The van der Waals surface area contributed by atoms with Gasteiger partial charge >= 0.3 is 5.97 Å². The van der Waals surface area contributed by atoms with Crippen molar-refractivity contribution in [2.75, 3.05) is 25.2 Å². The zero-order valence-corrected chi connectivity index (χ0v) is 17.2. The molecule has 0 amide bonds. The Hall–Kier alpha value is -2.67. The molecule has 152 valence electrons. The third-order valence-electron chi connectivity index (χ3n) is 5.46. The highest BCUT2D eigenvalue weighted by molar-refractivity contribution is 7.85. The van der Waals surface area contributed by atoms with Gasteiger partial charge in [0.25, 0.3) is 0 Å². The molecule has 3 atom stereocenters. The minimum absolute atomic E-state index is 0.0530. The van der Waals surface area contributed by atoms with E-state index in [0.717, 1.165) is 28.8 Å². The molecular formula is C22H23NO5S. The molecule has 7 heteroatoms. The second kappa shape index (κ2) is 7.99. The minimum atomic E-state index is -0.958. The van der Waals surface area contributed by atoms with E-state index in [2.05, 4.69) is 0 Å². The fourth-order valence-electron chi connectivity index (χ4n) is 4.05. The average Bonchev–Trinajstić information content (AvgIpc) is 2.73. The molecule has 0 radical (unpaired) electrons. The number of nitrogens with zero attached hydrogens (tertiary/aromatic N) is 1. The Morgan fingerprint density at radius 3 is 2.66 bits per heavy atom. The molecule has 6 nitrogen and oxygen atoms in total. The van der Waals surface area contributed by atoms with Crippen LogP contribution in [-0.4, -0.2) is 52.3 Å². The Kier molecular flexibility index (Phi) is 5.41. The number of methoxy groups -OCH3 is 1. The predicted octanol–water partition coefficient (Wildman–Crippen LogP) is 3.25. The van der Waals surface area contributed by atoms with Crippen molar-refractivity contribution in [2.45, 2.75) is 25.3 Å². The van der Waals surface area contributed by atoms with Crippen LogP contribution in [0, 0.1) is 0 Å². The first-order valence-corrected chi connectivity index (χ1v) is 11.1. The zero-order chi connectivity index (χ0) is 20.5. The standard InChI is InChI=1S/C22H23NO5S/c1-3-28-20-10-15-16(11-19(20)27-2)21(13-4-6-14(7-5-13)22(24)25)23-18-8-9-29(26)12-17(15)18/h4-7,10-11,17-18H,3,8-9,12H2,1-2H3,(H,24,25)/t17-,18-,29-/m1/s1. The summed E-state index contributed by atoms with van der Waals surface area (Å²) in [6.45, 7) is 2.45. The molecule has 2 aliphatic heterocycles. The molecule has 1 saturated heterocycles. The number of fused-ring (bicyclic) bond motifs is 3. The molecule has 2 aromatic rings. The van der Waals surface area contributed by atoms with Gasteiger partial charge in [-0.1, -0.05) is 12.1 Å². The van der Waals surface area contributed by atoms with Crippen molar-refractivity contribution in [2.24, 2.45) is 4.99 Å². The van der Waals surface area contributed by atoms with Gasteiger partial charge in [-0.05, 0) is 43.2 Å². The molecule has 2 aliphatic rings. The van der Waals surface area contributed by atoms with E-state index in [1.165, 1.54) is 0 Å². The smallest absolute Gasteiger partial charge is 0.335 e. The molecule has 1 fully saturated rings. The highest BCUT2D eigenvalue weighted by Crippen LogP contribution is 2.42. The third-order valence-corrected chi connectivity index (χ3v) is 6.88. The van der Waals surface area contributed by atoms with Gasteiger partial charge < -0.3 is 14.6 Å². The topological polar surface area (TPSA) is 85.2 Å². The van der Waals surface area contributed by atoms with E-state index in [1.54, 1.807) is 31.4 Å². The Balaban J connectivity index is 1.86. The molecule has 4 rings (SSSR count). The van der Waals surface area contributed by atoms with Crippen LogP contribution >= 0.6 is 0 Å². The summed E-state index contributed by atoms with van der Waals surface area (Å²) in [5.74, 6) is 1.65. The van der Waals surface area contributed by atoms with E-state index in [4.69, 9.17) is 14.5 Å². The summed E-state index contributed by atoms with van der Waals surface area (Å²) in [5, 5.41) is 9.18. The van der Waals surface area contributed by atoms with Crippen LogP contribution < -0.4 is 9.47 Å². The molecular weight excluding hydrogens is 390 g/mol. The Labute approximate surface area is 172 Å². The number of carbonyl (C=O) groups is 1. The molecule has 2 aromatic carbocycles. The first kappa shape index (κ1) is 19.6. The number of hydrogen-bond donors (Lipinski definition) is 1. The van der Waals surface area contributed by atoms with Gasteiger partial charge in [0.1, 0.15) is 0 Å². The van der Waals surface area contributed by atoms with Gasteiger partial charge in [0.15, 0.2) is 11.5 Å². The molecule has 0 unspecified atom stereocenters. The predicted molar refractivity (Wildman–Crippen MR) is 112 cm³/mol. The second-order valence-electron chi connectivity index (χ2n) is 7.16. The van der Waals surface area contributed by atoms with Gasteiger partial charge in [0.2, 0.25) is 0 Å². The van der Waals surface area contributed by atoms with Crippen molar-refractivity contribution in [3.63, 3.8) is 0 Å². The lowest BCUT2D eigenvalue weighted by Crippen LogP contribution is -2.35. The van der Waals surface area contributed by atoms with Crippen LogP contribution in [0.25, 0.3) is 0 Å². The van der Waals surface area contributed by atoms with E-state index < -0.39 is 16.8 Å². The lowest BCUT2D eigenvalue weighted by Gasteiger charge is -2.35. The molecule has 0 aliphatic carbocycles. The van der Waals surface area contributed by atoms with Crippen molar-refractivity contribution >= 4 is 22.5 Å². The molecule has 1 N–H and O–H groups in total. The van der Waals surface area contributed by atoms with Crippen molar-refractivity contribution < 1.29 is 23.6 Å². The summed E-state index contributed by atoms with van der Waals surface area (Å²) in [6, 6.07) is 10.7. The maximum Gasteiger partial charge on any atom is 0.335 e. The number of carboxylic acid groups (broad SMARTS) is 1. The highest BCUT2D eigenvalue weighted by atomic mass is 32.2. The molecule has 2 heterocycles. The van der Waals surface area contributed by atoms with E-state index in [1.807, 2.05) is 19.1 Å². The number of rotatable bonds is 5. The fourth-order valence-corrected chi connectivity index (χ4v) is 5.52. The number of hydrogen-bond acceptors (Lipinski definition) is 5. The van der Waals surface area contributed by atoms with E-state index in [0.29, 0.717) is 29.6 Å². The lowest BCUT2D eigenvalue weighted by atomic mass is 9.81. The van der Waals surface area contributed by atoms with Crippen molar-refractivity contribution in [1.29, 1.82) is 0 Å². The van der Waals surface area contributed by atoms with E-state index >= 15 is 0 Å². The fraction of sp³-hybridized carbons (Fsp3) is 0.364. The first-order chi connectivity index (χ1) is 14.0. The van der Waals surface area contributed by atoms with Crippen LogP contribution in [0.1, 0.15) is 46.3 Å². The SMILES string of the molecule is CCOc1cc2c(cc1OC)C(c1ccc(C(=O)O)cc1)=N[C@@H]1CC[S@@](=O)C[C@H]21.